The van der Waals surface area contributed by atoms with Gasteiger partial charge in [-0.1, -0.05) is 48.3 Å². The molecule has 0 radical (unpaired) electrons. The second kappa shape index (κ2) is 8.89. The molecule has 4 amide bonds. The Labute approximate surface area is 201 Å². The van der Waals surface area contributed by atoms with Crippen molar-refractivity contribution in [1.82, 2.24) is 9.88 Å². The third-order valence-corrected chi connectivity index (χ3v) is 6.39. The summed E-state index contributed by atoms with van der Waals surface area (Å²) in [7, 11) is 0. The van der Waals surface area contributed by atoms with Crippen LogP contribution in [0, 0.1) is 13.8 Å². The standard InChI is InChI=1S/C25H21Cl2N3O3/c1-4-16-7-5-6-8-22(16)29-14(2)11-17(15(29)3)12-19-23(31)28-25(33)30(24(19)32)18-9-10-20(26)21(27)13-18/h5-13H,4H2,1-3H3,(H,28,31,33)/b19-12+. The predicted octanol–water partition coefficient (Wildman–Crippen LogP) is 5.63. The van der Waals surface area contributed by atoms with Gasteiger partial charge in [0.05, 0.1) is 15.7 Å². The zero-order valence-corrected chi connectivity index (χ0v) is 19.8. The fourth-order valence-corrected chi connectivity index (χ4v) is 4.30. The van der Waals surface area contributed by atoms with Crippen LogP contribution in [0.4, 0.5) is 10.5 Å². The van der Waals surface area contributed by atoms with Gasteiger partial charge in [-0.05, 0) is 67.8 Å². The molecule has 1 N–H and O–H groups in total. The molecule has 4 rings (SSSR count). The quantitative estimate of drug-likeness (QED) is 0.387. The van der Waals surface area contributed by atoms with E-state index in [1.807, 2.05) is 38.1 Å². The van der Waals surface area contributed by atoms with Crippen LogP contribution in [-0.2, 0) is 16.0 Å². The lowest BCUT2D eigenvalue weighted by atomic mass is 10.1. The van der Waals surface area contributed by atoms with Gasteiger partial charge in [0.15, 0.2) is 0 Å². The number of carbonyl (C=O) groups excluding carboxylic acids is 3. The normalized spacial score (nSPS) is 15.4. The number of para-hydroxylation sites is 1. The molecule has 33 heavy (non-hydrogen) atoms. The first-order valence-corrected chi connectivity index (χ1v) is 11.1. The molecular weight excluding hydrogens is 461 g/mol. The lowest BCUT2D eigenvalue weighted by molar-refractivity contribution is -0.122. The number of aromatic nitrogens is 1. The summed E-state index contributed by atoms with van der Waals surface area (Å²) in [6, 6.07) is 13.5. The Morgan fingerprint density at radius 2 is 1.70 bits per heavy atom. The molecule has 0 saturated carbocycles. The molecule has 0 spiro atoms. The number of benzene rings is 2. The van der Waals surface area contributed by atoms with Crippen LogP contribution in [0.1, 0.15) is 29.4 Å². The Balaban J connectivity index is 1.78. The van der Waals surface area contributed by atoms with Crippen molar-refractivity contribution in [2.24, 2.45) is 0 Å². The molecule has 0 unspecified atom stereocenters. The molecule has 1 aromatic heterocycles. The number of amides is 4. The molecule has 1 fully saturated rings. The lowest BCUT2D eigenvalue weighted by Crippen LogP contribution is -2.54. The van der Waals surface area contributed by atoms with E-state index >= 15 is 0 Å². The molecule has 6 nitrogen and oxygen atoms in total. The summed E-state index contributed by atoms with van der Waals surface area (Å²) in [5, 5.41) is 2.71. The van der Waals surface area contributed by atoms with E-state index in [1.54, 1.807) is 0 Å². The van der Waals surface area contributed by atoms with Gasteiger partial charge in [0.25, 0.3) is 11.8 Å². The van der Waals surface area contributed by atoms with Gasteiger partial charge in [-0.15, -0.1) is 0 Å². The van der Waals surface area contributed by atoms with E-state index in [0.717, 1.165) is 28.4 Å². The summed E-state index contributed by atoms with van der Waals surface area (Å²) in [5.41, 5.74) is 4.84. The second-order valence-electron chi connectivity index (χ2n) is 7.70. The fourth-order valence-electron chi connectivity index (χ4n) is 4.00. The zero-order chi connectivity index (χ0) is 23.9. The number of urea groups is 1. The first-order chi connectivity index (χ1) is 15.7. The third kappa shape index (κ3) is 4.08. The molecule has 2 heterocycles. The number of halogens is 2. The van der Waals surface area contributed by atoms with Gasteiger partial charge >= 0.3 is 6.03 Å². The molecule has 1 saturated heterocycles. The van der Waals surface area contributed by atoms with E-state index in [1.165, 1.54) is 29.8 Å². The Kier molecular flexibility index (Phi) is 6.15. The molecular formula is C25H21Cl2N3O3. The van der Waals surface area contributed by atoms with E-state index in [2.05, 4.69) is 22.9 Å². The first-order valence-electron chi connectivity index (χ1n) is 10.4. The van der Waals surface area contributed by atoms with Crippen molar-refractivity contribution in [1.29, 1.82) is 0 Å². The van der Waals surface area contributed by atoms with Crippen LogP contribution in [-0.4, -0.2) is 22.4 Å². The molecule has 0 bridgehead atoms. The molecule has 3 aromatic rings. The van der Waals surface area contributed by atoms with Gasteiger partial charge in [0, 0.05) is 17.1 Å². The smallest absolute Gasteiger partial charge is 0.318 e. The molecule has 0 aliphatic carbocycles. The minimum atomic E-state index is -0.845. The molecule has 1 aliphatic rings. The zero-order valence-electron chi connectivity index (χ0n) is 18.3. The number of nitrogens with zero attached hydrogens (tertiary/aromatic N) is 2. The predicted molar refractivity (Wildman–Crippen MR) is 130 cm³/mol. The van der Waals surface area contributed by atoms with E-state index < -0.39 is 17.8 Å². The van der Waals surface area contributed by atoms with Crippen molar-refractivity contribution in [3.8, 4) is 5.69 Å². The van der Waals surface area contributed by atoms with Crippen LogP contribution >= 0.6 is 23.2 Å². The maximum absolute atomic E-state index is 13.2. The minimum Gasteiger partial charge on any atom is -0.318 e. The summed E-state index contributed by atoms with van der Waals surface area (Å²) in [6.07, 6.45) is 2.38. The van der Waals surface area contributed by atoms with Crippen LogP contribution in [0.2, 0.25) is 10.0 Å². The van der Waals surface area contributed by atoms with E-state index in [4.69, 9.17) is 23.2 Å². The Morgan fingerprint density at radius 3 is 2.39 bits per heavy atom. The summed E-state index contributed by atoms with van der Waals surface area (Å²) in [5.74, 6) is -1.49. The fraction of sp³-hybridized carbons (Fsp3) is 0.160. The number of nitrogens with one attached hydrogen (secondary N) is 1. The highest BCUT2D eigenvalue weighted by atomic mass is 35.5. The maximum Gasteiger partial charge on any atom is 0.335 e. The topological polar surface area (TPSA) is 71.4 Å². The molecule has 168 valence electrons. The first kappa shape index (κ1) is 22.8. The van der Waals surface area contributed by atoms with Crippen LogP contribution in [0.25, 0.3) is 11.8 Å². The van der Waals surface area contributed by atoms with Gasteiger partial charge < -0.3 is 4.57 Å². The number of barbiturate groups is 1. The van der Waals surface area contributed by atoms with Gasteiger partial charge in [0.1, 0.15) is 5.57 Å². The van der Waals surface area contributed by atoms with Crippen LogP contribution in [0.15, 0.2) is 54.1 Å². The van der Waals surface area contributed by atoms with E-state index in [9.17, 15) is 14.4 Å². The highest BCUT2D eigenvalue weighted by molar-refractivity contribution is 6.43. The van der Waals surface area contributed by atoms with Crippen molar-refractivity contribution in [3.05, 3.63) is 86.7 Å². The van der Waals surface area contributed by atoms with Crippen molar-refractivity contribution >= 4 is 52.8 Å². The maximum atomic E-state index is 13.2. The summed E-state index contributed by atoms with van der Waals surface area (Å²) < 4.78 is 2.10. The van der Waals surface area contributed by atoms with Crippen LogP contribution < -0.4 is 10.2 Å². The van der Waals surface area contributed by atoms with Gasteiger partial charge in [-0.2, -0.15) is 0 Å². The monoisotopic (exact) mass is 481 g/mol. The number of aryl methyl sites for hydroxylation is 2. The summed E-state index contributed by atoms with van der Waals surface area (Å²) >= 11 is 12.0. The van der Waals surface area contributed by atoms with Crippen LogP contribution in [0.3, 0.4) is 0 Å². The van der Waals surface area contributed by atoms with Crippen LogP contribution in [0.5, 0.6) is 0 Å². The molecule has 2 aromatic carbocycles. The Morgan fingerprint density at radius 1 is 0.970 bits per heavy atom. The van der Waals surface area contributed by atoms with Crippen molar-refractivity contribution in [2.45, 2.75) is 27.2 Å². The second-order valence-corrected chi connectivity index (χ2v) is 8.51. The van der Waals surface area contributed by atoms with E-state index in [0.29, 0.717) is 5.56 Å². The Hall–Kier alpha value is -3.35. The highest BCUT2D eigenvalue weighted by Gasteiger charge is 2.37. The van der Waals surface area contributed by atoms with Crippen molar-refractivity contribution < 1.29 is 14.4 Å². The van der Waals surface area contributed by atoms with E-state index in [-0.39, 0.29) is 21.3 Å². The van der Waals surface area contributed by atoms with Gasteiger partial charge in [-0.25, -0.2) is 9.69 Å². The van der Waals surface area contributed by atoms with Crippen molar-refractivity contribution in [2.75, 3.05) is 4.90 Å². The third-order valence-electron chi connectivity index (χ3n) is 5.65. The highest BCUT2D eigenvalue weighted by Crippen LogP contribution is 2.30. The number of hydrogen-bond acceptors (Lipinski definition) is 3. The van der Waals surface area contributed by atoms with Crippen molar-refractivity contribution in [3.63, 3.8) is 0 Å². The number of rotatable bonds is 4. The number of anilines is 1. The number of carbonyl (C=O) groups is 3. The summed E-state index contributed by atoms with van der Waals surface area (Å²) in [6.45, 7) is 5.99. The number of hydrogen-bond donors (Lipinski definition) is 1. The SMILES string of the molecule is CCc1ccccc1-n1c(C)cc(/C=C2\C(=O)NC(=O)N(c3ccc(Cl)c(Cl)c3)C2=O)c1C. The average molecular weight is 482 g/mol. The summed E-state index contributed by atoms with van der Waals surface area (Å²) in [4.78, 5) is 39.1. The largest absolute Gasteiger partial charge is 0.335 e. The average Bonchev–Trinajstić information content (AvgIpc) is 3.06. The molecule has 0 atom stereocenters. The lowest BCUT2D eigenvalue weighted by Gasteiger charge is -2.26. The van der Waals surface area contributed by atoms with Gasteiger partial charge in [0.2, 0.25) is 0 Å². The molecule has 1 aliphatic heterocycles. The number of imide groups is 2. The van der Waals surface area contributed by atoms with Gasteiger partial charge in [-0.3, -0.25) is 14.9 Å². The Bertz CT molecular complexity index is 1340. The molecule has 8 heteroatoms. The minimum absolute atomic E-state index is 0.148.